The predicted molar refractivity (Wildman–Crippen MR) is 68.4 cm³/mol. The molecule has 1 fully saturated rings. The maximum Gasteiger partial charge on any atom is 0.240 e. The van der Waals surface area contributed by atoms with Crippen molar-refractivity contribution in [2.24, 2.45) is 17.4 Å². The Morgan fingerprint density at radius 3 is 2.35 bits per heavy atom. The number of carbonyl (C=O) groups is 1. The molecule has 1 aromatic carbocycles. The van der Waals surface area contributed by atoms with E-state index in [4.69, 9.17) is 11.5 Å². The van der Waals surface area contributed by atoms with Crippen LogP contribution in [0.15, 0.2) is 24.3 Å². The van der Waals surface area contributed by atoms with Gasteiger partial charge in [0.15, 0.2) is 0 Å². The number of rotatable bonds is 5. The van der Waals surface area contributed by atoms with Crippen molar-refractivity contribution in [2.75, 3.05) is 5.32 Å². The van der Waals surface area contributed by atoms with Gasteiger partial charge in [0, 0.05) is 11.7 Å². The lowest BCUT2D eigenvalue weighted by Gasteiger charge is -2.16. The van der Waals surface area contributed by atoms with Crippen LogP contribution in [0, 0.1) is 5.92 Å². The Morgan fingerprint density at radius 1 is 1.35 bits per heavy atom. The molecule has 0 saturated heterocycles. The number of anilines is 1. The summed E-state index contributed by atoms with van der Waals surface area (Å²) in [5.74, 6) is 0.129. The third-order valence-electron chi connectivity index (χ3n) is 3.16. The number of amides is 1. The Labute approximate surface area is 101 Å². The molecule has 1 aliphatic carbocycles. The zero-order chi connectivity index (χ0) is 12.4. The number of hydrogen-bond donors (Lipinski definition) is 3. The fourth-order valence-corrected chi connectivity index (χ4v) is 1.91. The van der Waals surface area contributed by atoms with E-state index in [0.29, 0.717) is 5.92 Å². The van der Waals surface area contributed by atoms with E-state index in [1.54, 1.807) is 0 Å². The van der Waals surface area contributed by atoms with E-state index in [1.165, 1.54) is 0 Å². The lowest BCUT2D eigenvalue weighted by Crippen LogP contribution is -2.37. The fourth-order valence-electron chi connectivity index (χ4n) is 1.91. The molecule has 17 heavy (non-hydrogen) atoms. The van der Waals surface area contributed by atoms with Crippen molar-refractivity contribution < 1.29 is 4.79 Å². The summed E-state index contributed by atoms with van der Waals surface area (Å²) in [6.45, 7) is 1.94. The van der Waals surface area contributed by atoms with E-state index in [2.05, 4.69) is 5.32 Å². The van der Waals surface area contributed by atoms with E-state index in [1.807, 2.05) is 31.2 Å². The Bertz CT molecular complexity index is 396. The van der Waals surface area contributed by atoms with E-state index < -0.39 is 0 Å². The summed E-state index contributed by atoms with van der Waals surface area (Å²) in [4.78, 5) is 11.3. The van der Waals surface area contributed by atoms with Crippen LogP contribution in [-0.4, -0.2) is 11.9 Å². The number of hydrogen-bond acceptors (Lipinski definition) is 3. The zero-order valence-corrected chi connectivity index (χ0v) is 10.0. The van der Waals surface area contributed by atoms with E-state index in [-0.39, 0.29) is 18.0 Å². The number of benzene rings is 1. The third kappa shape index (κ3) is 2.97. The van der Waals surface area contributed by atoms with Gasteiger partial charge in [-0.25, -0.2) is 0 Å². The smallest absolute Gasteiger partial charge is 0.240 e. The molecule has 2 rings (SSSR count). The molecular weight excluding hydrogens is 214 g/mol. The summed E-state index contributed by atoms with van der Waals surface area (Å²) in [5.41, 5.74) is 13.2. The lowest BCUT2D eigenvalue weighted by molar-refractivity contribution is -0.119. The second-order valence-corrected chi connectivity index (χ2v) is 4.77. The number of primary amides is 1. The summed E-state index contributed by atoms with van der Waals surface area (Å²) in [5, 5.41) is 3.19. The van der Waals surface area contributed by atoms with Crippen molar-refractivity contribution in [1.29, 1.82) is 0 Å². The van der Waals surface area contributed by atoms with Gasteiger partial charge in [-0.15, -0.1) is 0 Å². The molecule has 2 unspecified atom stereocenters. The van der Waals surface area contributed by atoms with Crippen LogP contribution < -0.4 is 16.8 Å². The van der Waals surface area contributed by atoms with Gasteiger partial charge in [0.2, 0.25) is 5.91 Å². The molecule has 0 bridgehead atoms. The molecule has 1 aromatic rings. The van der Waals surface area contributed by atoms with Gasteiger partial charge in [-0.2, -0.15) is 0 Å². The number of nitrogens with two attached hydrogens (primary N) is 2. The monoisotopic (exact) mass is 233 g/mol. The van der Waals surface area contributed by atoms with Gasteiger partial charge in [-0.1, -0.05) is 12.1 Å². The largest absolute Gasteiger partial charge is 0.373 e. The van der Waals surface area contributed by atoms with Crippen LogP contribution in [0.25, 0.3) is 0 Å². The van der Waals surface area contributed by atoms with Crippen molar-refractivity contribution in [1.82, 2.24) is 0 Å². The minimum Gasteiger partial charge on any atom is -0.373 e. The first kappa shape index (κ1) is 11.9. The molecule has 0 spiro atoms. The second-order valence-electron chi connectivity index (χ2n) is 4.77. The SMILES string of the molecule is CC(N)c1ccc(NC(C(N)=O)C2CC2)cc1. The predicted octanol–water partition coefficient (Wildman–Crippen LogP) is 1.38. The summed E-state index contributed by atoms with van der Waals surface area (Å²) in [6.07, 6.45) is 2.16. The van der Waals surface area contributed by atoms with Crippen LogP contribution in [0.5, 0.6) is 0 Å². The van der Waals surface area contributed by atoms with Crippen molar-refractivity contribution in [2.45, 2.75) is 31.8 Å². The highest BCUT2D eigenvalue weighted by atomic mass is 16.1. The Morgan fingerprint density at radius 2 is 1.94 bits per heavy atom. The molecular formula is C13H19N3O. The van der Waals surface area contributed by atoms with Crippen molar-refractivity contribution in [3.8, 4) is 0 Å². The highest BCUT2D eigenvalue weighted by Gasteiger charge is 2.34. The summed E-state index contributed by atoms with van der Waals surface area (Å²) in [6, 6.07) is 7.61. The maximum atomic E-state index is 11.3. The standard InChI is InChI=1S/C13H19N3O/c1-8(14)9-4-6-11(7-5-9)16-12(13(15)17)10-2-3-10/h4-8,10,12,16H,2-3,14H2,1H3,(H2,15,17). The van der Waals surface area contributed by atoms with Crippen LogP contribution in [0.3, 0.4) is 0 Å². The molecule has 1 saturated carbocycles. The average Bonchev–Trinajstić information content (AvgIpc) is 3.10. The third-order valence-corrected chi connectivity index (χ3v) is 3.16. The molecule has 4 nitrogen and oxygen atoms in total. The fraction of sp³-hybridized carbons (Fsp3) is 0.462. The first-order valence-corrected chi connectivity index (χ1v) is 5.99. The van der Waals surface area contributed by atoms with Crippen LogP contribution in [-0.2, 0) is 4.79 Å². The number of carbonyl (C=O) groups excluding carboxylic acids is 1. The Hall–Kier alpha value is -1.55. The van der Waals surface area contributed by atoms with Crippen LogP contribution >= 0.6 is 0 Å². The van der Waals surface area contributed by atoms with E-state index in [0.717, 1.165) is 24.1 Å². The van der Waals surface area contributed by atoms with Crippen LogP contribution in [0.2, 0.25) is 0 Å². The van der Waals surface area contributed by atoms with Crippen molar-refractivity contribution in [3.63, 3.8) is 0 Å². The highest BCUT2D eigenvalue weighted by molar-refractivity contribution is 5.83. The van der Waals surface area contributed by atoms with Gasteiger partial charge in [0.25, 0.3) is 0 Å². The molecule has 5 N–H and O–H groups in total. The van der Waals surface area contributed by atoms with Gasteiger partial charge in [0.1, 0.15) is 6.04 Å². The molecule has 92 valence electrons. The van der Waals surface area contributed by atoms with Crippen LogP contribution in [0.4, 0.5) is 5.69 Å². The van der Waals surface area contributed by atoms with E-state index in [9.17, 15) is 4.79 Å². The van der Waals surface area contributed by atoms with Gasteiger partial charge in [-0.3, -0.25) is 4.79 Å². The molecule has 0 aromatic heterocycles. The summed E-state index contributed by atoms with van der Waals surface area (Å²) < 4.78 is 0. The Balaban J connectivity index is 2.04. The maximum absolute atomic E-state index is 11.3. The molecule has 1 aliphatic rings. The van der Waals surface area contributed by atoms with Gasteiger partial charge in [0.05, 0.1) is 0 Å². The second kappa shape index (κ2) is 4.75. The topological polar surface area (TPSA) is 81.1 Å². The highest BCUT2D eigenvalue weighted by Crippen LogP contribution is 2.34. The minimum absolute atomic E-state index is 0.0272. The van der Waals surface area contributed by atoms with Gasteiger partial charge in [-0.05, 0) is 43.4 Å². The molecule has 0 heterocycles. The quantitative estimate of drug-likeness (QED) is 0.718. The summed E-state index contributed by atoms with van der Waals surface area (Å²) >= 11 is 0. The molecule has 4 heteroatoms. The minimum atomic E-state index is -0.274. The summed E-state index contributed by atoms with van der Waals surface area (Å²) in [7, 11) is 0. The molecule has 0 aliphatic heterocycles. The molecule has 1 amide bonds. The van der Waals surface area contributed by atoms with E-state index >= 15 is 0 Å². The van der Waals surface area contributed by atoms with Gasteiger partial charge < -0.3 is 16.8 Å². The van der Waals surface area contributed by atoms with Crippen LogP contribution in [0.1, 0.15) is 31.4 Å². The van der Waals surface area contributed by atoms with Crippen molar-refractivity contribution in [3.05, 3.63) is 29.8 Å². The lowest BCUT2D eigenvalue weighted by atomic mass is 10.1. The normalized spacial score (nSPS) is 18.5. The average molecular weight is 233 g/mol. The Kier molecular flexibility index (Phi) is 3.33. The first-order valence-electron chi connectivity index (χ1n) is 5.99. The number of nitrogens with one attached hydrogen (secondary N) is 1. The molecule has 0 radical (unpaired) electrons. The molecule has 2 atom stereocenters. The first-order chi connectivity index (χ1) is 8.08. The van der Waals surface area contributed by atoms with Gasteiger partial charge >= 0.3 is 0 Å². The zero-order valence-electron chi connectivity index (χ0n) is 10.0. The van der Waals surface area contributed by atoms with Crippen molar-refractivity contribution >= 4 is 11.6 Å².